The Morgan fingerprint density at radius 1 is 1.08 bits per heavy atom. The van der Waals surface area contributed by atoms with E-state index < -0.39 is 0 Å². The molecule has 0 aliphatic rings. The minimum absolute atomic E-state index is 0.154. The molecule has 0 saturated carbocycles. The molecule has 6 heteroatoms. The van der Waals surface area contributed by atoms with Gasteiger partial charge in [-0.3, -0.25) is 4.79 Å². The Bertz CT molecular complexity index is 1050. The van der Waals surface area contributed by atoms with E-state index in [-0.39, 0.29) is 17.8 Å². The van der Waals surface area contributed by atoms with Gasteiger partial charge in [0.15, 0.2) is 0 Å². The second kappa shape index (κ2) is 5.96. The molecule has 0 aliphatic carbocycles. The molecule has 6 nitrogen and oxygen atoms in total. The Labute approximate surface area is 138 Å². The van der Waals surface area contributed by atoms with Crippen molar-refractivity contribution in [1.29, 1.82) is 0 Å². The third kappa shape index (κ3) is 2.95. The van der Waals surface area contributed by atoms with Crippen molar-refractivity contribution in [3.8, 4) is 5.75 Å². The van der Waals surface area contributed by atoms with Crippen LogP contribution in [0.25, 0.3) is 11.0 Å². The highest BCUT2D eigenvalue weighted by molar-refractivity contribution is 5.88. The number of aromatic nitrogens is 2. The Morgan fingerprint density at radius 2 is 1.83 bits per heavy atom. The number of rotatable bonds is 3. The molecular formula is C18H18N2O4. The molecule has 1 N–H and O–H groups in total. The number of aryl methyl sites for hydroxylation is 3. The van der Waals surface area contributed by atoms with Gasteiger partial charge in [-0.05, 0) is 51.0 Å². The third-order valence-electron chi connectivity index (χ3n) is 3.95. The maximum absolute atomic E-state index is 11.9. The Morgan fingerprint density at radius 3 is 2.54 bits per heavy atom. The molecule has 3 rings (SSSR count). The van der Waals surface area contributed by atoms with Crippen molar-refractivity contribution in [2.75, 3.05) is 0 Å². The lowest BCUT2D eigenvalue weighted by Gasteiger charge is -2.12. The first-order chi connectivity index (χ1) is 11.3. The van der Waals surface area contributed by atoms with Gasteiger partial charge < -0.3 is 14.1 Å². The molecule has 1 aromatic carbocycles. The molecule has 0 amide bonds. The number of hydrogen-bond acceptors (Lipinski definition) is 5. The molecule has 2 heterocycles. The monoisotopic (exact) mass is 326 g/mol. The summed E-state index contributed by atoms with van der Waals surface area (Å²) in [5, 5.41) is 0.763. The summed E-state index contributed by atoms with van der Waals surface area (Å²) in [5.41, 5.74) is 2.77. The van der Waals surface area contributed by atoms with Crippen molar-refractivity contribution in [1.82, 2.24) is 9.97 Å². The van der Waals surface area contributed by atoms with Crippen LogP contribution in [-0.2, 0) is 6.61 Å². The predicted octanol–water partition coefficient (Wildman–Crippen LogP) is 2.69. The number of H-pyrrole nitrogens is 1. The minimum atomic E-state index is -0.344. The van der Waals surface area contributed by atoms with Gasteiger partial charge in [0.2, 0.25) is 0 Å². The lowest BCUT2D eigenvalue weighted by atomic mass is 10.0. The van der Waals surface area contributed by atoms with Crippen molar-refractivity contribution in [3.63, 3.8) is 0 Å². The number of nitrogens with one attached hydrogen (secondary N) is 1. The first kappa shape index (κ1) is 16.0. The average Bonchev–Trinajstić information content (AvgIpc) is 2.49. The van der Waals surface area contributed by atoms with Gasteiger partial charge >= 0.3 is 5.63 Å². The molecule has 24 heavy (non-hydrogen) atoms. The standard InChI is InChI=1S/C18H18N2O4/c1-9-5-14(23-8-13-7-16(21)20-12(4)19-13)17-10(2)11(3)18(22)24-15(17)6-9/h5-7H,8H2,1-4H3,(H,19,20,21). The summed E-state index contributed by atoms with van der Waals surface area (Å²) < 4.78 is 11.3. The largest absolute Gasteiger partial charge is 0.487 e. The summed E-state index contributed by atoms with van der Waals surface area (Å²) >= 11 is 0. The normalized spacial score (nSPS) is 11.0. The number of aromatic amines is 1. The van der Waals surface area contributed by atoms with Gasteiger partial charge in [-0.25, -0.2) is 9.78 Å². The zero-order valence-corrected chi connectivity index (χ0v) is 14.0. The molecule has 0 aliphatic heterocycles. The van der Waals surface area contributed by atoms with Crippen molar-refractivity contribution in [2.24, 2.45) is 0 Å². The Hall–Kier alpha value is -2.89. The molecule has 0 unspecified atom stereocenters. The van der Waals surface area contributed by atoms with E-state index in [0.717, 1.165) is 16.5 Å². The van der Waals surface area contributed by atoms with Crippen molar-refractivity contribution < 1.29 is 9.15 Å². The highest BCUT2D eigenvalue weighted by atomic mass is 16.5. The SMILES string of the molecule is Cc1cc(OCc2cc(=O)[nH]c(C)n2)c2c(C)c(C)c(=O)oc2c1. The predicted molar refractivity (Wildman–Crippen MR) is 90.6 cm³/mol. The van der Waals surface area contributed by atoms with Crippen LogP contribution in [0.3, 0.4) is 0 Å². The molecule has 3 aromatic rings. The van der Waals surface area contributed by atoms with Crippen LogP contribution in [0, 0.1) is 27.7 Å². The van der Waals surface area contributed by atoms with Crippen molar-refractivity contribution in [3.05, 3.63) is 67.2 Å². The van der Waals surface area contributed by atoms with Gasteiger partial charge in [0.05, 0.1) is 11.1 Å². The third-order valence-corrected chi connectivity index (χ3v) is 3.95. The summed E-state index contributed by atoms with van der Waals surface area (Å²) in [4.78, 5) is 30.2. The fourth-order valence-electron chi connectivity index (χ4n) is 2.67. The van der Waals surface area contributed by atoms with E-state index >= 15 is 0 Å². The Balaban J connectivity index is 2.07. The number of hydrogen-bond donors (Lipinski definition) is 1. The summed E-state index contributed by atoms with van der Waals surface area (Å²) in [5.74, 6) is 1.14. The molecule has 0 bridgehead atoms. The van der Waals surface area contributed by atoms with Crippen LogP contribution in [0.4, 0.5) is 0 Å². The van der Waals surface area contributed by atoms with Crippen LogP contribution in [0.15, 0.2) is 32.2 Å². The van der Waals surface area contributed by atoms with Crippen LogP contribution in [0.2, 0.25) is 0 Å². The van der Waals surface area contributed by atoms with Crippen LogP contribution in [0.1, 0.15) is 28.2 Å². The van der Waals surface area contributed by atoms with E-state index in [1.165, 1.54) is 6.07 Å². The summed E-state index contributed by atoms with van der Waals surface area (Å²) in [6, 6.07) is 5.10. The maximum atomic E-state index is 11.9. The van der Waals surface area contributed by atoms with E-state index in [1.54, 1.807) is 13.8 Å². The lowest BCUT2D eigenvalue weighted by molar-refractivity contribution is 0.303. The molecule has 0 radical (unpaired) electrons. The van der Waals surface area contributed by atoms with Crippen LogP contribution >= 0.6 is 0 Å². The molecule has 0 saturated heterocycles. The van der Waals surface area contributed by atoms with E-state index in [9.17, 15) is 9.59 Å². The molecule has 124 valence electrons. The zero-order chi connectivity index (χ0) is 17.4. The van der Waals surface area contributed by atoms with Crippen molar-refractivity contribution in [2.45, 2.75) is 34.3 Å². The van der Waals surface area contributed by atoms with Crippen LogP contribution < -0.4 is 15.9 Å². The average molecular weight is 326 g/mol. The fraction of sp³-hybridized carbons (Fsp3) is 0.278. The summed E-state index contributed by atoms with van der Waals surface area (Å²) in [6.07, 6.45) is 0. The summed E-state index contributed by atoms with van der Waals surface area (Å²) in [7, 11) is 0. The van der Waals surface area contributed by atoms with Gasteiger partial charge in [-0.1, -0.05) is 0 Å². The molecule has 0 fully saturated rings. The topological polar surface area (TPSA) is 85.2 Å². The second-order valence-electron chi connectivity index (χ2n) is 5.89. The first-order valence-electron chi connectivity index (χ1n) is 7.59. The Kier molecular flexibility index (Phi) is 3.97. The fourth-order valence-corrected chi connectivity index (χ4v) is 2.67. The van der Waals surface area contributed by atoms with Gasteiger partial charge in [0.1, 0.15) is 23.8 Å². The number of nitrogens with zero attached hydrogens (tertiary/aromatic N) is 1. The number of ether oxygens (including phenoxy) is 1. The van der Waals surface area contributed by atoms with Gasteiger partial charge in [-0.2, -0.15) is 0 Å². The molecule has 2 aromatic heterocycles. The smallest absolute Gasteiger partial charge is 0.339 e. The van der Waals surface area contributed by atoms with E-state index in [0.29, 0.717) is 28.4 Å². The van der Waals surface area contributed by atoms with E-state index in [4.69, 9.17) is 9.15 Å². The van der Waals surface area contributed by atoms with E-state index in [2.05, 4.69) is 9.97 Å². The van der Waals surface area contributed by atoms with E-state index in [1.807, 2.05) is 26.0 Å². The van der Waals surface area contributed by atoms with Gasteiger partial charge in [-0.15, -0.1) is 0 Å². The van der Waals surface area contributed by atoms with Gasteiger partial charge in [0, 0.05) is 11.6 Å². The first-order valence-corrected chi connectivity index (χ1v) is 7.59. The molecular weight excluding hydrogens is 308 g/mol. The molecule has 0 spiro atoms. The van der Waals surface area contributed by atoms with Crippen LogP contribution in [-0.4, -0.2) is 9.97 Å². The lowest BCUT2D eigenvalue weighted by Crippen LogP contribution is -2.12. The highest BCUT2D eigenvalue weighted by Crippen LogP contribution is 2.31. The van der Waals surface area contributed by atoms with Gasteiger partial charge in [0.25, 0.3) is 5.56 Å². The van der Waals surface area contributed by atoms with Crippen molar-refractivity contribution >= 4 is 11.0 Å². The number of benzene rings is 1. The van der Waals surface area contributed by atoms with Crippen LogP contribution in [0.5, 0.6) is 5.75 Å². The quantitative estimate of drug-likeness (QED) is 0.748. The highest BCUT2D eigenvalue weighted by Gasteiger charge is 2.14. The summed E-state index contributed by atoms with van der Waals surface area (Å²) in [6.45, 7) is 7.37. The minimum Gasteiger partial charge on any atom is -0.487 e. The molecule has 0 atom stereocenters. The second-order valence-corrected chi connectivity index (χ2v) is 5.89. The number of fused-ring (bicyclic) bond motifs is 1. The maximum Gasteiger partial charge on any atom is 0.339 e. The zero-order valence-electron chi connectivity index (χ0n) is 14.0.